The quantitative estimate of drug-likeness (QED) is 0.731. The van der Waals surface area contributed by atoms with E-state index in [2.05, 4.69) is 5.32 Å². The summed E-state index contributed by atoms with van der Waals surface area (Å²) < 4.78 is 26.7. The van der Waals surface area contributed by atoms with Crippen LogP contribution in [0.25, 0.3) is 0 Å². The van der Waals surface area contributed by atoms with E-state index in [0.717, 1.165) is 16.3 Å². The molecule has 30 heavy (non-hydrogen) atoms. The lowest BCUT2D eigenvalue weighted by molar-refractivity contribution is -0.122. The molecule has 0 spiro atoms. The lowest BCUT2D eigenvalue weighted by Crippen LogP contribution is -2.49. The monoisotopic (exact) mass is 429 g/mol. The predicted octanol–water partition coefficient (Wildman–Crippen LogP) is 2.25. The molecule has 8 heteroatoms. The van der Waals surface area contributed by atoms with Crippen LogP contribution in [0.3, 0.4) is 0 Å². The molecule has 1 unspecified atom stereocenters. The van der Waals surface area contributed by atoms with E-state index in [1.807, 2.05) is 44.2 Å². The number of amides is 2. The first-order chi connectivity index (χ1) is 14.3. The van der Waals surface area contributed by atoms with Crippen LogP contribution < -0.4 is 5.32 Å². The van der Waals surface area contributed by atoms with E-state index in [-0.39, 0.29) is 42.4 Å². The summed E-state index contributed by atoms with van der Waals surface area (Å²) in [4.78, 5) is 26.6. The van der Waals surface area contributed by atoms with Crippen molar-refractivity contribution in [2.24, 2.45) is 0 Å². The standard InChI is InChI=1S/C22H27N3O4S/c1-3-17(2)25(15-18-7-5-4-6-8-18)22(27)19-9-11-20(12-10-19)30(28,29)24-14-13-23-21(26)16-24/h4-12,17H,3,13-16H2,1-2H3,(H,23,26). The van der Waals surface area contributed by atoms with Crippen molar-refractivity contribution in [3.05, 3.63) is 65.7 Å². The maximum Gasteiger partial charge on any atom is 0.254 e. The Morgan fingerprint density at radius 1 is 1.13 bits per heavy atom. The number of piperazine rings is 1. The highest BCUT2D eigenvalue weighted by atomic mass is 32.2. The van der Waals surface area contributed by atoms with E-state index in [4.69, 9.17) is 0 Å². The third-order valence-corrected chi connectivity index (χ3v) is 7.18. The summed E-state index contributed by atoms with van der Waals surface area (Å²) in [5.74, 6) is -0.462. The van der Waals surface area contributed by atoms with Gasteiger partial charge in [-0.3, -0.25) is 9.59 Å². The number of rotatable bonds is 7. The molecular formula is C22H27N3O4S. The Labute approximate surface area is 177 Å². The molecule has 160 valence electrons. The number of benzene rings is 2. The Bertz CT molecular complexity index is 991. The number of nitrogens with one attached hydrogen (secondary N) is 1. The molecule has 0 saturated carbocycles. The van der Waals surface area contributed by atoms with Gasteiger partial charge >= 0.3 is 0 Å². The minimum Gasteiger partial charge on any atom is -0.354 e. The molecule has 1 aliphatic rings. The molecule has 1 saturated heterocycles. The van der Waals surface area contributed by atoms with Gasteiger partial charge in [-0.1, -0.05) is 37.3 Å². The summed E-state index contributed by atoms with van der Waals surface area (Å²) in [5, 5.41) is 2.61. The van der Waals surface area contributed by atoms with Crippen molar-refractivity contribution >= 4 is 21.8 Å². The van der Waals surface area contributed by atoms with Crippen LogP contribution in [0.2, 0.25) is 0 Å². The van der Waals surface area contributed by atoms with Crippen LogP contribution in [-0.4, -0.2) is 55.1 Å². The van der Waals surface area contributed by atoms with Gasteiger partial charge in [0.15, 0.2) is 0 Å². The molecule has 1 atom stereocenters. The molecule has 2 amide bonds. The van der Waals surface area contributed by atoms with Crippen molar-refractivity contribution < 1.29 is 18.0 Å². The van der Waals surface area contributed by atoms with E-state index < -0.39 is 10.0 Å². The second-order valence-electron chi connectivity index (χ2n) is 7.39. The van der Waals surface area contributed by atoms with Crippen LogP contribution in [0.5, 0.6) is 0 Å². The van der Waals surface area contributed by atoms with Crippen LogP contribution >= 0.6 is 0 Å². The Hall–Kier alpha value is -2.71. The van der Waals surface area contributed by atoms with Crippen LogP contribution in [0.1, 0.15) is 36.2 Å². The highest BCUT2D eigenvalue weighted by Gasteiger charge is 2.29. The normalized spacial score (nSPS) is 16.0. The van der Waals surface area contributed by atoms with Gasteiger partial charge in [0.2, 0.25) is 15.9 Å². The van der Waals surface area contributed by atoms with Crippen molar-refractivity contribution in [1.82, 2.24) is 14.5 Å². The van der Waals surface area contributed by atoms with Crippen LogP contribution in [0.4, 0.5) is 0 Å². The van der Waals surface area contributed by atoms with Crippen molar-refractivity contribution in [3.63, 3.8) is 0 Å². The third kappa shape index (κ3) is 4.88. The molecule has 1 heterocycles. The largest absolute Gasteiger partial charge is 0.354 e. The van der Waals surface area contributed by atoms with Crippen LogP contribution in [0, 0.1) is 0 Å². The number of hydrogen-bond acceptors (Lipinski definition) is 4. The summed E-state index contributed by atoms with van der Waals surface area (Å²) in [6, 6.07) is 15.8. The molecular weight excluding hydrogens is 402 g/mol. The zero-order chi connectivity index (χ0) is 21.7. The van der Waals surface area contributed by atoms with Crippen molar-refractivity contribution in [2.45, 2.75) is 37.8 Å². The molecule has 1 fully saturated rings. The van der Waals surface area contributed by atoms with Crippen molar-refractivity contribution in [3.8, 4) is 0 Å². The average Bonchev–Trinajstić information content (AvgIpc) is 2.77. The third-order valence-electron chi connectivity index (χ3n) is 5.32. The Morgan fingerprint density at radius 2 is 1.80 bits per heavy atom. The van der Waals surface area contributed by atoms with Crippen molar-refractivity contribution in [1.29, 1.82) is 0 Å². The maximum absolute atomic E-state index is 13.2. The first-order valence-corrected chi connectivity index (χ1v) is 11.5. The van der Waals surface area contributed by atoms with Gasteiger partial charge in [-0.2, -0.15) is 4.31 Å². The van der Waals surface area contributed by atoms with E-state index in [1.165, 1.54) is 12.1 Å². The highest BCUT2D eigenvalue weighted by molar-refractivity contribution is 7.89. The molecule has 2 aromatic rings. The van der Waals surface area contributed by atoms with E-state index in [9.17, 15) is 18.0 Å². The number of sulfonamides is 1. The topological polar surface area (TPSA) is 86.8 Å². The zero-order valence-electron chi connectivity index (χ0n) is 17.2. The number of nitrogens with zero attached hydrogens (tertiary/aromatic N) is 2. The van der Waals surface area contributed by atoms with E-state index in [1.54, 1.807) is 17.0 Å². The number of hydrogen-bond donors (Lipinski definition) is 1. The molecule has 3 rings (SSSR count). The van der Waals surface area contributed by atoms with E-state index in [0.29, 0.717) is 12.1 Å². The SMILES string of the molecule is CCC(C)N(Cc1ccccc1)C(=O)c1ccc(S(=O)(=O)N2CCNC(=O)C2)cc1. The molecule has 0 bridgehead atoms. The fraction of sp³-hybridized carbons (Fsp3) is 0.364. The van der Waals surface area contributed by atoms with Crippen molar-refractivity contribution in [2.75, 3.05) is 19.6 Å². The second kappa shape index (κ2) is 9.40. The van der Waals surface area contributed by atoms with Crippen LogP contribution in [0.15, 0.2) is 59.5 Å². The Kier molecular flexibility index (Phi) is 6.89. The Morgan fingerprint density at radius 3 is 2.40 bits per heavy atom. The number of carbonyl (C=O) groups is 2. The van der Waals surface area contributed by atoms with Gasteiger partial charge in [0, 0.05) is 31.2 Å². The fourth-order valence-electron chi connectivity index (χ4n) is 3.33. The number of carbonyl (C=O) groups excluding carboxylic acids is 2. The first kappa shape index (κ1) is 22.0. The van der Waals surface area contributed by atoms with Gasteiger partial charge in [-0.15, -0.1) is 0 Å². The summed E-state index contributed by atoms with van der Waals surface area (Å²) in [5.41, 5.74) is 1.47. The van der Waals surface area contributed by atoms with Gasteiger partial charge < -0.3 is 10.2 Å². The molecule has 0 radical (unpaired) electrons. The van der Waals surface area contributed by atoms with Gasteiger partial charge in [0.05, 0.1) is 11.4 Å². The molecule has 1 aliphatic heterocycles. The predicted molar refractivity (Wildman–Crippen MR) is 114 cm³/mol. The fourth-order valence-corrected chi connectivity index (χ4v) is 4.73. The minimum atomic E-state index is -3.78. The second-order valence-corrected chi connectivity index (χ2v) is 9.33. The Balaban J connectivity index is 1.81. The van der Waals surface area contributed by atoms with Gasteiger partial charge in [-0.05, 0) is 43.2 Å². The molecule has 1 N–H and O–H groups in total. The molecule has 0 aromatic heterocycles. The smallest absolute Gasteiger partial charge is 0.254 e. The average molecular weight is 430 g/mol. The lowest BCUT2D eigenvalue weighted by Gasteiger charge is -2.29. The maximum atomic E-state index is 13.2. The zero-order valence-corrected chi connectivity index (χ0v) is 18.1. The van der Waals surface area contributed by atoms with Gasteiger partial charge in [-0.25, -0.2) is 8.42 Å². The molecule has 0 aliphatic carbocycles. The van der Waals surface area contributed by atoms with Gasteiger partial charge in [0.1, 0.15) is 0 Å². The molecule has 2 aromatic carbocycles. The van der Waals surface area contributed by atoms with E-state index >= 15 is 0 Å². The summed E-state index contributed by atoms with van der Waals surface area (Å²) in [7, 11) is -3.78. The highest BCUT2D eigenvalue weighted by Crippen LogP contribution is 2.20. The molecule has 7 nitrogen and oxygen atoms in total. The van der Waals surface area contributed by atoms with Crippen LogP contribution in [-0.2, 0) is 21.4 Å². The first-order valence-electron chi connectivity index (χ1n) is 10.0. The van der Waals surface area contributed by atoms with Gasteiger partial charge in [0.25, 0.3) is 5.91 Å². The minimum absolute atomic E-state index is 0.0352. The summed E-state index contributed by atoms with van der Waals surface area (Å²) >= 11 is 0. The lowest BCUT2D eigenvalue weighted by atomic mass is 10.1. The summed E-state index contributed by atoms with van der Waals surface area (Å²) in [6.45, 7) is 4.84. The summed E-state index contributed by atoms with van der Waals surface area (Å²) in [6.07, 6.45) is 0.808.